The van der Waals surface area contributed by atoms with Crippen LogP contribution in [0, 0.1) is 0 Å². The molecule has 1 aromatic carbocycles. The third-order valence-corrected chi connectivity index (χ3v) is 3.84. The lowest BCUT2D eigenvalue weighted by Crippen LogP contribution is -2.32. The summed E-state index contributed by atoms with van der Waals surface area (Å²) in [6.45, 7) is -0.236. The number of H-pyrrole nitrogens is 1. The molecule has 2 rings (SSSR count). The summed E-state index contributed by atoms with van der Waals surface area (Å²) in [7, 11) is -3.31. The van der Waals surface area contributed by atoms with Crippen LogP contribution in [-0.2, 0) is 16.4 Å². The van der Waals surface area contributed by atoms with E-state index in [1.807, 2.05) is 0 Å². The second-order valence-electron chi connectivity index (χ2n) is 4.61. The number of aromatic amines is 1. The third-order valence-electron chi connectivity index (χ3n) is 2.92. The molecule has 0 aliphatic carbocycles. The summed E-state index contributed by atoms with van der Waals surface area (Å²) in [4.78, 5) is 25.7. The van der Waals surface area contributed by atoms with E-state index in [-0.39, 0.29) is 17.9 Å². The SMILES string of the molecule is CS(=O)(=O)CCn1c(O)c(-c2ccccc2)c(=O)[nH]c1=O. The van der Waals surface area contributed by atoms with E-state index in [1.165, 1.54) is 0 Å². The summed E-state index contributed by atoms with van der Waals surface area (Å²) in [5, 5.41) is 10.1. The van der Waals surface area contributed by atoms with Crippen LogP contribution in [0.4, 0.5) is 0 Å². The van der Waals surface area contributed by atoms with Gasteiger partial charge in [0.05, 0.1) is 5.75 Å². The minimum atomic E-state index is -3.31. The van der Waals surface area contributed by atoms with E-state index in [4.69, 9.17) is 0 Å². The Kier molecular flexibility index (Phi) is 3.99. The summed E-state index contributed by atoms with van der Waals surface area (Å²) < 4.78 is 23.2. The summed E-state index contributed by atoms with van der Waals surface area (Å²) in [6.07, 6.45) is 1.03. The molecule has 7 nitrogen and oxygen atoms in total. The average Bonchev–Trinajstić information content (AvgIpc) is 2.37. The number of benzene rings is 1. The summed E-state index contributed by atoms with van der Waals surface area (Å²) in [6, 6.07) is 8.32. The van der Waals surface area contributed by atoms with Gasteiger partial charge in [0.25, 0.3) is 5.56 Å². The predicted octanol–water partition coefficient (Wildman–Crippen LogP) is -0.0462. The highest BCUT2D eigenvalue weighted by Gasteiger charge is 2.16. The molecule has 0 fully saturated rings. The third kappa shape index (κ3) is 3.40. The molecule has 21 heavy (non-hydrogen) atoms. The maximum absolute atomic E-state index is 11.9. The molecule has 0 aliphatic rings. The van der Waals surface area contributed by atoms with Gasteiger partial charge in [-0.05, 0) is 5.56 Å². The maximum atomic E-state index is 11.9. The number of sulfone groups is 1. The van der Waals surface area contributed by atoms with E-state index in [2.05, 4.69) is 4.98 Å². The molecule has 1 heterocycles. The van der Waals surface area contributed by atoms with Gasteiger partial charge in [0, 0.05) is 12.8 Å². The Labute approximate surface area is 120 Å². The second-order valence-corrected chi connectivity index (χ2v) is 6.87. The van der Waals surface area contributed by atoms with Gasteiger partial charge in [0.1, 0.15) is 15.4 Å². The Morgan fingerprint density at radius 3 is 2.38 bits per heavy atom. The number of hydrogen-bond acceptors (Lipinski definition) is 5. The van der Waals surface area contributed by atoms with Crippen LogP contribution in [0.1, 0.15) is 0 Å². The van der Waals surface area contributed by atoms with E-state index in [9.17, 15) is 23.1 Å². The normalized spacial score (nSPS) is 11.5. The van der Waals surface area contributed by atoms with Gasteiger partial charge in [-0.3, -0.25) is 14.3 Å². The Balaban J connectivity index is 2.59. The highest BCUT2D eigenvalue weighted by atomic mass is 32.2. The molecule has 0 unspecified atom stereocenters. The summed E-state index contributed by atoms with van der Waals surface area (Å²) >= 11 is 0. The van der Waals surface area contributed by atoms with Crippen molar-refractivity contribution in [2.24, 2.45) is 0 Å². The largest absolute Gasteiger partial charge is 0.494 e. The molecule has 112 valence electrons. The molecule has 2 aromatic rings. The zero-order chi connectivity index (χ0) is 15.6. The molecule has 0 bridgehead atoms. The minimum absolute atomic E-state index is 0.0660. The van der Waals surface area contributed by atoms with Crippen molar-refractivity contribution in [2.75, 3.05) is 12.0 Å². The molecular weight excluding hydrogens is 296 g/mol. The van der Waals surface area contributed by atoms with Crippen LogP contribution >= 0.6 is 0 Å². The van der Waals surface area contributed by atoms with Gasteiger partial charge in [0.2, 0.25) is 5.88 Å². The average molecular weight is 310 g/mol. The van der Waals surface area contributed by atoms with Gasteiger partial charge < -0.3 is 5.11 Å². The molecular formula is C13H14N2O5S. The van der Waals surface area contributed by atoms with Crippen molar-refractivity contribution in [1.82, 2.24) is 9.55 Å². The number of nitrogens with one attached hydrogen (secondary N) is 1. The second kappa shape index (κ2) is 5.57. The maximum Gasteiger partial charge on any atom is 0.331 e. The summed E-state index contributed by atoms with van der Waals surface area (Å²) in [5.74, 6) is -0.862. The van der Waals surface area contributed by atoms with Crippen LogP contribution in [0.5, 0.6) is 5.88 Å². The van der Waals surface area contributed by atoms with Gasteiger partial charge in [0.15, 0.2) is 0 Å². The van der Waals surface area contributed by atoms with E-state index in [1.54, 1.807) is 30.3 Å². The molecule has 0 saturated heterocycles. The van der Waals surface area contributed by atoms with Crippen molar-refractivity contribution < 1.29 is 13.5 Å². The molecule has 0 aliphatic heterocycles. The highest BCUT2D eigenvalue weighted by molar-refractivity contribution is 7.90. The van der Waals surface area contributed by atoms with E-state index in [0.29, 0.717) is 5.56 Å². The van der Waals surface area contributed by atoms with Crippen molar-refractivity contribution in [3.8, 4) is 17.0 Å². The first kappa shape index (κ1) is 15.0. The molecule has 0 radical (unpaired) electrons. The number of hydrogen-bond donors (Lipinski definition) is 2. The molecule has 0 atom stereocenters. The Hall–Kier alpha value is -2.35. The highest BCUT2D eigenvalue weighted by Crippen LogP contribution is 2.23. The Morgan fingerprint density at radius 2 is 1.81 bits per heavy atom. The van der Waals surface area contributed by atoms with Gasteiger partial charge in [-0.1, -0.05) is 30.3 Å². The first-order valence-electron chi connectivity index (χ1n) is 6.09. The zero-order valence-corrected chi connectivity index (χ0v) is 12.1. The number of nitrogens with zero attached hydrogens (tertiary/aromatic N) is 1. The van der Waals surface area contributed by atoms with Crippen LogP contribution < -0.4 is 11.2 Å². The van der Waals surface area contributed by atoms with Crippen LogP contribution in [0.2, 0.25) is 0 Å². The molecule has 2 N–H and O–H groups in total. The van der Waals surface area contributed by atoms with Crippen molar-refractivity contribution in [2.45, 2.75) is 6.54 Å². The quantitative estimate of drug-likeness (QED) is 0.823. The van der Waals surface area contributed by atoms with Crippen molar-refractivity contribution in [3.05, 3.63) is 51.2 Å². The van der Waals surface area contributed by atoms with Gasteiger partial charge in [-0.15, -0.1) is 0 Å². The van der Waals surface area contributed by atoms with Crippen LogP contribution in [0.3, 0.4) is 0 Å². The van der Waals surface area contributed by atoms with Crippen molar-refractivity contribution >= 4 is 9.84 Å². The smallest absolute Gasteiger partial charge is 0.331 e. The van der Waals surface area contributed by atoms with Gasteiger partial charge in [-0.25, -0.2) is 13.2 Å². The van der Waals surface area contributed by atoms with Gasteiger partial charge >= 0.3 is 5.69 Å². The lowest BCUT2D eigenvalue weighted by atomic mass is 10.1. The van der Waals surface area contributed by atoms with E-state index >= 15 is 0 Å². The lowest BCUT2D eigenvalue weighted by molar-refractivity contribution is 0.408. The van der Waals surface area contributed by atoms with Crippen LogP contribution in [0.25, 0.3) is 11.1 Å². The van der Waals surface area contributed by atoms with E-state index in [0.717, 1.165) is 10.8 Å². The fourth-order valence-corrected chi connectivity index (χ4v) is 2.40. The monoisotopic (exact) mass is 310 g/mol. The standard InChI is InChI=1S/C13H14N2O5S/c1-21(19,20)8-7-15-12(17)10(11(16)14-13(15)18)9-5-3-2-4-6-9/h2-6,17H,7-8H2,1H3,(H,14,16,18). The van der Waals surface area contributed by atoms with Crippen molar-refractivity contribution in [3.63, 3.8) is 0 Å². The Morgan fingerprint density at radius 1 is 1.19 bits per heavy atom. The zero-order valence-electron chi connectivity index (χ0n) is 11.2. The fraction of sp³-hybridized carbons (Fsp3) is 0.231. The minimum Gasteiger partial charge on any atom is -0.494 e. The predicted molar refractivity (Wildman–Crippen MR) is 78.1 cm³/mol. The van der Waals surface area contributed by atoms with Crippen LogP contribution in [0.15, 0.2) is 39.9 Å². The molecule has 1 aromatic heterocycles. The van der Waals surface area contributed by atoms with Crippen molar-refractivity contribution in [1.29, 1.82) is 0 Å². The number of aromatic hydroxyl groups is 1. The van der Waals surface area contributed by atoms with E-state index < -0.39 is 27.0 Å². The number of aromatic nitrogens is 2. The fourth-order valence-electron chi connectivity index (χ4n) is 1.89. The number of rotatable bonds is 4. The molecule has 0 spiro atoms. The molecule has 0 saturated carbocycles. The lowest BCUT2D eigenvalue weighted by Gasteiger charge is -2.10. The first-order valence-corrected chi connectivity index (χ1v) is 8.15. The first-order chi connectivity index (χ1) is 9.79. The molecule has 8 heteroatoms. The summed E-state index contributed by atoms with van der Waals surface area (Å²) in [5.41, 5.74) is -1.20. The molecule has 0 amide bonds. The Bertz CT molecular complexity index is 866. The topological polar surface area (TPSA) is 109 Å². The van der Waals surface area contributed by atoms with Gasteiger partial charge in [-0.2, -0.15) is 0 Å². The van der Waals surface area contributed by atoms with Crippen LogP contribution in [-0.4, -0.2) is 35.1 Å².